The lowest BCUT2D eigenvalue weighted by Gasteiger charge is -2.15. The second-order valence-electron chi connectivity index (χ2n) is 6.55. The van der Waals surface area contributed by atoms with Gasteiger partial charge in [-0.15, -0.1) is 0 Å². The fraction of sp³-hybridized carbons (Fsp3) is 0.333. The van der Waals surface area contributed by atoms with Crippen LogP contribution >= 0.6 is 0 Å². The molecule has 2 aromatic carbocycles. The van der Waals surface area contributed by atoms with Gasteiger partial charge in [0.25, 0.3) is 5.91 Å². The van der Waals surface area contributed by atoms with E-state index < -0.39 is 0 Å². The number of carbonyl (C=O) groups is 1. The maximum Gasteiger partial charge on any atom is 0.258 e. The quantitative estimate of drug-likeness (QED) is 0.831. The molecule has 2 aromatic rings. The minimum Gasteiger partial charge on any atom is -0.484 e. The molecular formula is C21H24N2O2. The van der Waals surface area contributed by atoms with Gasteiger partial charge >= 0.3 is 0 Å². The molecule has 2 rings (SSSR count). The first kappa shape index (κ1) is 18.5. The topological polar surface area (TPSA) is 62.1 Å². The molecule has 0 aliphatic heterocycles. The summed E-state index contributed by atoms with van der Waals surface area (Å²) in [7, 11) is 0. The van der Waals surface area contributed by atoms with E-state index in [4.69, 9.17) is 10.00 Å². The number of nitriles is 1. The number of hydrogen-bond donors (Lipinski definition) is 1. The van der Waals surface area contributed by atoms with Gasteiger partial charge in [-0.2, -0.15) is 5.26 Å². The lowest BCUT2D eigenvalue weighted by atomic mass is 10.00. The van der Waals surface area contributed by atoms with Crippen LogP contribution in [0.4, 0.5) is 0 Å². The van der Waals surface area contributed by atoms with Crippen LogP contribution in [0.25, 0.3) is 0 Å². The Morgan fingerprint density at radius 3 is 2.28 bits per heavy atom. The van der Waals surface area contributed by atoms with Gasteiger partial charge in [-0.25, -0.2) is 0 Å². The summed E-state index contributed by atoms with van der Waals surface area (Å²) in [5.41, 5.74) is 2.94. The molecule has 1 unspecified atom stereocenters. The molecule has 1 atom stereocenters. The highest BCUT2D eigenvalue weighted by atomic mass is 16.5. The smallest absolute Gasteiger partial charge is 0.258 e. The third kappa shape index (κ3) is 5.96. The van der Waals surface area contributed by atoms with Crippen LogP contribution in [0.15, 0.2) is 48.5 Å². The Balaban J connectivity index is 1.83. The van der Waals surface area contributed by atoms with E-state index in [0.717, 1.165) is 12.0 Å². The minimum absolute atomic E-state index is 0.0539. The van der Waals surface area contributed by atoms with E-state index in [-0.39, 0.29) is 18.6 Å². The molecule has 0 radical (unpaired) electrons. The number of benzene rings is 2. The molecule has 0 heterocycles. The fourth-order valence-corrected chi connectivity index (χ4v) is 2.55. The Labute approximate surface area is 149 Å². The van der Waals surface area contributed by atoms with Crippen LogP contribution in [-0.4, -0.2) is 12.5 Å². The molecule has 1 N–H and O–H groups in total. The molecule has 0 saturated heterocycles. The summed E-state index contributed by atoms with van der Waals surface area (Å²) in [5.74, 6) is 1.02. The summed E-state index contributed by atoms with van der Waals surface area (Å²) in [6.07, 6.45) is 1.06. The normalized spacial score (nSPS) is 11.6. The zero-order valence-electron chi connectivity index (χ0n) is 15.0. The Morgan fingerprint density at radius 1 is 1.08 bits per heavy atom. The number of ether oxygens (including phenoxy) is 1. The first-order valence-electron chi connectivity index (χ1n) is 8.49. The van der Waals surface area contributed by atoms with Gasteiger partial charge in [0.15, 0.2) is 6.61 Å². The largest absolute Gasteiger partial charge is 0.484 e. The summed E-state index contributed by atoms with van der Waals surface area (Å²) < 4.78 is 5.45. The Bertz CT molecular complexity index is 728. The van der Waals surface area contributed by atoms with Gasteiger partial charge in [0.05, 0.1) is 17.7 Å². The van der Waals surface area contributed by atoms with E-state index in [2.05, 4.69) is 43.4 Å². The average molecular weight is 336 g/mol. The van der Waals surface area contributed by atoms with E-state index in [1.165, 1.54) is 5.56 Å². The second-order valence-corrected chi connectivity index (χ2v) is 6.55. The molecule has 4 nitrogen and oxygen atoms in total. The van der Waals surface area contributed by atoms with Gasteiger partial charge in [0.1, 0.15) is 5.75 Å². The van der Waals surface area contributed by atoms with Crippen LogP contribution < -0.4 is 10.1 Å². The van der Waals surface area contributed by atoms with Gasteiger partial charge in [-0.05, 0) is 54.7 Å². The third-order valence-electron chi connectivity index (χ3n) is 3.85. The van der Waals surface area contributed by atoms with Crippen molar-refractivity contribution in [2.75, 3.05) is 6.61 Å². The number of amides is 1. The zero-order chi connectivity index (χ0) is 18.2. The third-order valence-corrected chi connectivity index (χ3v) is 3.85. The number of rotatable bonds is 7. The van der Waals surface area contributed by atoms with Crippen LogP contribution in [0, 0.1) is 17.2 Å². The predicted molar refractivity (Wildman–Crippen MR) is 98.2 cm³/mol. The summed E-state index contributed by atoms with van der Waals surface area (Å²) in [4.78, 5) is 12.0. The molecule has 4 heteroatoms. The standard InChI is InChI=1S/C21H24N2O2/c1-15(2)12-17-4-8-19(9-5-17)16(3)23-21(24)14-25-20-10-6-18(13-22)7-11-20/h4-11,15-16H,12,14H2,1-3H3,(H,23,24). The fourth-order valence-electron chi connectivity index (χ4n) is 2.55. The van der Waals surface area contributed by atoms with Crippen molar-refractivity contribution in [2.24, 2.45) is 5.92 Å². The van der Waals surface area contributed by atoms with Crippen molar-refractivity contribution in [1.82, 2.24) is 5.32 Å². The highest BCUT2D eigenvalue weighted by Crippen LogP contribution is 2.16. The Hall–Kier alpha value is -2.80. The molecule has 0 bridgehead atoms. The summed E-state index contributed by atoms with van der Waals surface area (Å²) in [6, 6.07) is 17.0. The van der Waals surface area contributed by atoms with Gasteiger partial charge < -0.3 is 10.1 Å². The maximum absolute atomic E-state index is 12.0. The van der Waals surface area contributed by atoms with Crippen molar-refractivity contribution >= 4 is 5.91 Å². The molecule has 0 aliphatic carbocycles. The van der Waals surface area contributed by atoms with E-state index in [1.807, 2.05) is 13.0 Å². The summed E-state index contributed by atoms with van der Waals surface area (Å²) in [5, 5.41) is 11.7. The van der Waals surface area contributed by atoms with E-state index in [0.29, 0.717) is 17.2 Å². The van der Waals surface area contributed by atoms with E-state index in [9.17, 15) is 4.79 Å². The van der Waals surface area contributed by atoms with Crippen molar-refractivity contribution in [3.05, 3.63) is 65.2 Å². The highest BCUT2D eigenvalue weighted by Gasteiger charge is 2.10. The number of nitrogens with zero attached hydrogens (tertiary/aromatic N) is 1. The molecule has 0 saturated carbocycles. The molecule has 130 valence electrons. The highest BCUT2D eigenvalue weighted by molar-refractivity contribution is 5.78. The van der Waals surface area contributed by atoms with Gasteiger partial charge in [0.2, 0.25) is 0 Å². The van der Waals surface area contributed by atoms with E-state index >= 15 is 0 Å². The molecule has 1 amide bonds. The molecule has 25 heavy (non-hydrogen) atoms. The molecule has 0 aliphatic rings. The summed E-state index contributed by atoms with van der Waals surface area (Å²) in [6.45, 7) is 6.30. The van der Waals surface area contributed by atoms with Crippen LogP contribution in [0.1, 0.15) is 43.5 Å². The van der Waals surface area contributed by atoms with Crippen LogP contribution in [-0.2, 0) is 11.2 Å². The maximum atomic E-state index is 12.0. The first-order valence-corrected chi connectivity index (χ1v) is 8.49. The van der Waals surface area contributed by atoms with Crippen LogP contribution in [0.2, 0.25) is 0 Å². The lowest BCUT2D eigenvalue weighted by Crippen LogP contribution is -2.31. The number of hydrogen-bond acceptors (Lipinski definition) is 3. The van der Waals surface area contributed by atoms with Gasteiger partial charge in [-0.1, -0.05) is 38.1 Å². The van der Waals surface area contributed by atoms with Crippen molar-refractivity contribution in [1.29, 1.82) is 5.26 Å². The SMILES string of the molecule is CC(C)Cc1ccc(C(C)NC(=O)COc2ccc(C#N)cc2)cc1. The average Bonchev–Trinajstić information content (AvgIpc) is 2.60. The van der Waals surface area contributed by atoms with Gasteiger partial charge in [-0.3, -0.25) is 4.79 Å². The Kier molecular flexibility index (Phi) is 6.59. The first-order chi connectivity index (χ1) is 12.0. The number of carbonyl (C=O) groups excluding carboxylic acids is 1. The van der Waals surface area contributed by atoms with Gasteiger partial charge in [0, 0.05) is 0 Å². The number of nitrogens with one attached hydrogen (secondary N) is 1. The van der Waals surface area contributed by atoms with Crippen LogP contribution in [0.5, 0.6) is 5.75 Å². The van der Waals surface area contributed by atoms with Crippen molar-refractivity contribution in [2.45, 2.75) is 33.2 Å². The second kappa shape index (κ2) is 8.89. The molecule has 0 spiro atoms. The summed E-state index contributed by atoms with van der Waals surface area (Å²) >= 11 is 0. The monoisotopic (exact) mass is 336 g/mol. The zero-order valence-corrected chi connectivity index (χ0v) is 15.0. The van der Waals surface area contributed by atoms with Crippen molar-refractivity contribution in [3.8, 4) is 11.8 Å². The molecule has 0 aromatic heterocycles. The van der Waals surface area contributed by atoms with Crippen molar-refractivity contribution < 1.29 is 9.53 Å². The molecule has 0 fully saturated rings. The van der Waals surface area contributed by atoms with Crippen molar-refractivity contribution in [3.63, 3.8) is 0 Å². The predicted octanol–water partition coefficient (Wildman–Crippen LogP) is 4.01. The lowest BCUT2D eigenvalue weighted by molar-refractivity contribution is -0.123. The molecular weight excluding hydrogens is 312 g/mol. The Morgan fingerprint density at radius 2 is 1.72 bits per heavy atom. The minimum atomic E-state index is -0.178. The van der Waals surface area contributed by atoms with E-state index in [1.54, 1.807) is 24.3 Å². The van der Waals surface area contributed by atoms with Crippen LogP contribution in [0.3, 0.4) is 0 Å².